The molecule has 3 aromatic rings. The van der Waals surface area contributed by atoms with E-state index in [4.69, 9.17) is 10.5 Å². The maximum absolute atomic E-state index is 11.4. The highest BCUT2D eigenvalue weighted by molar-refractivity contribution is 5.75. The monoisotopic (exact) mass is 324 g/mol. The number of primary amides is 1. The Bertz CT molecular complexity index is 989. The number of carbonyl (C=O) groups excluding carboxylic acids is 1. The van der Waals surface area contributed by atoms with E-state index in [1.54, 1.807) is 6.07 Å². The van der Waals surface area contributed by atoms with Gasteiger partial charge in [-0.05, 0) is 47.9 Å². The minimum atomic E-state index is -0.807. The van der Waals surface area contributed by atoms with Crippen LogP contribution in [0.1, 0.15) is 11.1 Å². The fourth-order valence-electron chi connectivity index (χ4n) is 3.19. The van der Waals surface area contributed by atoms with Gasteiger partial charge in [-0.2, -0.15) is 0 Å². The first-order chi connectivity index (χ1) is 11.6. The molecule has 1 amide bonds. The summed E-state index contributed by atoms with van der Waals surface area (Å²) in [6, 6.07) is 11.4. The molecule has 0 atom stereocenters. The van der Waals surface area contributed by atoms with E-state index in [0.717, 1.165) is 47.4 Å². The van der Waals surface area contributed by atoms with E-state index in [1.807, 2.05) is 30.3 Å². The average Bonchev–Trinajstić information content (AvgIpc) is 3.09. The fourth-order valence-corrected chi connectivity index (χ4v) is 3.19. The number of hydrogen-bond acceptors (Lipinski definition) is 4. The van der Waals surface area contributed by atoms with Gasteiger partial charge in [-0.15, -0.1) is 0 Å². The Morgan fingerprint density at radius 2 is 2.00 bits per heavy atom. The molecule has 1 aliphatic heterocycles. The van der Waals surface area contributed by atoms with Crippen LogP contribution in [0.5, 0.6) is 5.75 Å². The zero-order chi connectivity index (χ0) is 16.7. The van der Waals surface area contributed by atoms with E-state index in [-0.39, 0.29) is 5.69 Å². The number of hydrogen-bond donors (Lipinski definition) is 3. The van der Waals surface area contributed by atoms with Crippen molar-refractivity contribution in [2.24, 2.45) is 5.73 Å². The molecule has 2 aromatic carbocycles. The molecule has 7 heteroatoms. The summed E-state index contributed by atoms with van der Waals surface area (Å²) in [6.07, 6.45) is 0.0766. The van der Waals surface area contributed by atoms with Gasteiger partial charge in [0.2, 0.25) is 0 Å². The van der Waals surface area contributed by atoms with E-state index in [9.17, 15) is 9.59 Å². The molecule has 0 radical (unpaired) electrons. The molecule has 0 bridgehead atoms. The summed E-state index contributed by atoms with van der Waals surface area (Å²) in [5.41, 5.74) is 9.82. The van der Waals surface area contributed by atoms with Crippen molar-refractivity contribution in [2.45, 2.75) is 13.0 Å². The van der Waals surface area contributed by atoms with Gasteiger partial charge in [-0.25, -0.2) is 9.59 Å². The number of anilines is 1. The van der Waals surface area contributed by atoms with E-state index >= 15 is 0 Å². The molecule has 0 spiro atoms. The third-order valence-electron chi connectivity index (χ3n) is 4.21. The third-order valence-corrected chi connectivity index (χ3v) is 4.21. The number of H-pyrrole nitrogens is 2. The highest BCUT2D eigenvalue weighted by atomic mass is 16.5. The summed E-state index contributed by atoms with van der Waals surface area (Å²) in [5.74, 6) is 0.467. The van der Waals surface area contributed by atoms with Crippen molar-refractivity contribution in [2.75, 3.05) is 11.4 Å². The maximum Gasteiger partial charge on any atom is 0.409 e. The van der Waals surface area contributed by atoms with Gasteiger partial charge in [0.05, 0.1) is 11.0 Å². The molecular weight excluding hydrogens is 308 g/mol. The lowest BCUT2D eigenvalue weighted by atomic mass is 10.1. The first kappa shape index (κ1) is 14.4. The van der Waals surface area contributed by atoms with Crippen LogP contribution in [0.15, 0.2) is 41.2 Å². The van der Waals surface area contributed by atoms with Crippen LogP contribution in [0.3, 0.4) is 0 Å². The number of fused-ring (bicyclic) bond motifs is 2. The Morgan fingerprint density at radius 3 is 2.83 bits per heavy atom. The normalized spacial score (nSPS) is 13.2. The number of rotatable bonds is 3. The number of carbonyl (C=O) groups is 1. The number of nitrogens with one attached hydrogen (secondary N) is 2. The average molecular weight is 324 g/mol. The SMILES string of the molecule is NC(=O)Oc1ccc2c(c1)CCN2Cc1ccc2[nH]c(=O)[nH]c2c1. The predicted octanol–water partition coefficient (Wildman–Crippen LogP) is 1.88. The summed E-state index contributed by atoms with van der Waals surface area (Å²) in [5, 5.41) is 0. The number of ether oxygens (including phenoxy) is 1. The molecule has 1 aromatic heterocycles. The van der Waals surface area contributed by atoms with Crippen LogP contribution in [0.4, 0.5) is 10.5 Å². The highest BCUT2D eigenvalue weighted by Gasteiger charge is 2.20. The number of aromatic nitrogens is 2. The van der Waals surface area contributed by atoms with Gasteiger partial charge in [-0.3, -0.25) is 0 Å². The minimum Gasteiger partial charge on any atom is -0.410 e. The van der Waals surface area contributed by atoms with Crippen molar-refractivity contribution in [3.63, 3.8) is 0 Å². The highest BCUT2D eigenvalue weighted by Crippen LogP contribution is 2.32. The van der Waals surface area contributed by atoms with Crippen molar-refractivity contribution < 1.29 is 9.53 Å². The van der Waals surface area contributed by atoms with E-state index in [2.05, 4.69) is 14.9 Å². The first-order valence-corrected chi connectivity index (χ1v) is 7.64. The summed E-state index contributed by atoms with van der Waals surface area (Å²) in [7, 11) is 0. The molecule has 0 aliphatic carbocycles. The zero-order valence-electron chi connectivity index (χ0n) is 12.8. The summed E-state index contributed by atoms with van der Waals surface area (Å²) in [6.45, 7) is 1.63. The summed E-state index contributed by atoms with van der Waals surface area (Å²) < 4.78 is 4.93. The molecule has 122 valence electrons. The second-order valence-corrected chi connectivity index (χ2v) is 5.84. The van der Waals surface area contributed by atoms with Gasteiger partial charge in [0, 0.05) is 18.8 Å². The van der Waals surface area contributed by atoms with Crippen molar-refractivity contribution in [1.82, 2.24) is 9.97 Å². The number of imidazole rings is 1. The van der Waals surface area contributed by atoms with E-state index in [1.165, 1.54) is 0 Å². The van der Waals surface area contributed by atoms with Crippen molar-refractivity contribution in [1.29, 1.82) is 0 Å². The standard InChI is InChI=1S/C17H16N4O3/c18-16(22)24-12-2-4-15-11(8-12)5-6-21(15)9-10-1-3-13-14(7-10)20-17(23)19-13/h1-4,7-8H,5-6,9H2,(H2,18,22)(H2,19,20,23). The van der Waals surface area contributed by atoms with Gasteiger partial charge in [0.15, 0.2) is 0 Å². The van der Waals surface area contributed by atoms with E-state index in [0.29, 0.717) is 5.75 Å². The van der Waals surface area contributed by atoms with Gasteiger partial charge in [-0.1, -0.05) is 6.07 Å². The predicted molar refractivity (Wildman–Crippen MR) is 90.3 cm³/mol. The maximum atomic E-state index is 11.4. The van der Waals surface area contributed by atoms with Gasteiger partial charge >= 0.3 is 11.8 Å². The largest absolute Gasteiger partial charge is 0.410 e. The number of amides is 1. The van der Waals surface area contributed by atoms with Gasteiger partial charge in [0.25, 0.3) is 0 Å². The lowest BCUT2D eigenvalue weighted by Gasteiger charge is -2.19. The van der Waals surface area contributed by atoms with Gasteiger partial charge < -0.3 is 25.3 Å². The second kappa shape index (κ2) is 5.45. The molecule has 0 saturated heterocycles. The minimum absolute atomic E-state index is 0.198. The Hall–Kier alpha value is -3.22. The number of benzene rings is 2. The van der Waals surface area contributed by atoms with Crippen LogP contribution in [-0.4, -0.2) is 22.6 Å². The van der Waals surface area contributed by atoms with Crippen LogP contribution in [-0.2, 0) is 13.0 Å². The smallest absolute Gasteiger partial charge is 0.409 e. The van der Waals surface area contributed by atoms with Crippen LogP contribution in [0.2, 0.25) is 0 Å². The Balaban J connectivity index is 1.58. The summed E-state index contributed by atoms with van der Waals surface area (Å²) >= 11 is 0. The first-order valence-electron chi connectivity index (χ1n) is 7.64. The van der Waals surface area contributed by atoms with E-state index < -0.39 is 6.09 Å². The fraction of sp³-hybridized carbons (Fsp3) is 0.176. The molecule has 7 nitrogen and oxygen atoms in total. The molecule has 0 unspecified atom stereocenters. The number of nitrogens with zero attached hydrogens (tertiary/aromatic N) is 1. The van der Waals surface area contributed by atoms with Crippen LogP contribution < -0.4 is 21.1 Å². The van der Waals surface area contributed by atoms with Crippen LogP contribution >= 0.6 is 0 Å². The number of aromatic amines is 2. The van der Waals surface area contributed by atoms with Gasteiger partial charge in [0.1, 0.15) is 5.75 Å². The zero-order valence-corrected chi connectivity index (χ0v) is 12.8. The molecule has 0 saturated carbocycles. The van der Waals surface area contributed by atoms with Crippen molar-refractivity contribution in [3.05, 3.63) is 58.0 Å². The molecule has 0 fully saturated rings. The molecule has 24 heavy (non-hydrogen) atoms. The molecular formula is C17H16N4O3. The number of nitrogens with two attached hydrogens (primary N) is 1. The second-order valence-electron chi connectivity index (χ2n) is 5.84. The Morgan fingerprint density at radius 1 is 1.17 bits per heavy atom. The molecule has 1 aliphatic rings. The lowest BCUT2D eigenvalue weighted by Crippen LogP contribution is -2.19. The van der Waals surface area contributed by atoms with Crippen molar-refractivity contribution >= 4 is 22.8 Å². The third kappa shape index (κ3) is 2.60. The van der Waals surface area contributed by atoms with Crippen LogP contribution in [0, 0.1) is 0 Å². The van der Waals surface area contributed by atoms with Crippen molar-refractivity contribution in [3.8, 4) is 5.75 Å². The summed E-state index contributed by atoms with van der Waals surface area (Å²) in [4.78, 5) is 30.0. The molecule has 4 rings (SSSR count). The lowest BCUT2D eigenvalue weighted by molar-refractivity contribution is 0.211. The van der Waals surface area contributed by atoms with Crippen LogP contribution in [0.25, 0.3) is 11.0 Å². The Labute approximate surface area is 137 Å². The topological polar surface area (TPSA) is 104 Å². The quantitative estimate of drug-likeness (QED) is 0.684. The molecule has 4 N–H and O–H groups in total. The molecule has 2 heterocycles. The Kier molecular flexibility index (Phi) is 3.26.